The zero-order valence-electron chi connectivity index (χ0n) is 11.4. The fourth-order valence-corrected chi connectivity index (χ4v) is 2.25. The summed E-state index contributed by atoms with van der Waals surface area (Å²) in [6.45, 7) is 3.19. The van der Waals surface area contributed by atoms with Crippen molar-refractivity contribution < 1.29 is 5.11 Å². The van der Waals surface area contributed by atoms with Gasteiger partial charge in [-0.3, -0.25) is 4.68 Å². The minimum Gasteiger partial charge on any atom is -0.396 e. The second kappa shape index (κ2) is 7.04. The van der Waals surface area contributed by atoms with Gasteiger partial charge in [-0.25, -0.2) is 4.98 Å². The van der Waals surface area contributed by atoms with Crippen LogP contribution >= 0.6 is 0 Å². The third-order valence-corrected chi connectivity index (χ3v) is 3.23. The normalized spacial score (nSPS) is 12.5. The van der Waals surface area contributed by atoms with Crippen molar-refractivity contribution in [1.29, 1.82) is 0 Å². The van der Waals surface area contributed by atoms with E-state index in [4.69, 9.17) is 0 Å². The van der Waals surface area contributed by atoms with Crippen molar-refractivity contribution in [2.24, 2.45) is 5.92 Å². The van der Waals surface area contributed by atoms with Crippen LogP contribution in [0.4, 0.5) is 0 Å². The second-order valence-corrected chi connectivity index (χ2v) is 4.84. The van der Waals surface area contributed by atoms with E-state index in [1.807, 2.05) is 22.9 Å². The fourth-order valence-electron chi connectivity index (χ4n) is 2.25. The highest BCUT2D eigenvalue weighted by atomic mass is 16.3. The van der Waals surface area contributed by atoms with E-state index >= 15 is 0 Å². The van der Waals surface area contributed by atoms with Gasteiger partial charge in [0.05, 0.1) is 0 Å². The quantitative estimate of drug-likeness (QED) is 0.828. The first kappa shape index (κ1) is 13.7. The van der Waals surface area contributed by atoms with Gasteiger partial charge < -0.3 is 5.11 Å². The Labute approximate surface area is 114 Å². The molecule has 19 heavy (non-hydrogen) atoms. The van der Waals surface area contributed by atoms with Crippen LogP contribution in [0.5, 0.6) is 0 Å². The van der Waals surface area contributed by atoms with E-state index in [-0.39, 0.29) is 12.5 Å². The Balaban J connectivity index is 2.00. The summed E-state index contributed by atoms with van der Waals surface area (Å²) < 4.78 is 1.94. The molecule has 0 saturated carbocycles. The number of hydrogen-bond acceptors (Lipinski definition) is 3. The highest BCUT2D eigenvalue weighted by molar-refractivity contribution is 5.15. The van der Waals surface area contributed by atoms with E-state index < -0.39 is 0 Å². The fraction of sp³-hybridized carbons (Fsp3) is 0.467. The molecule has 1 unspecified atom stereocenters. The monoisotopic (exact) mass is 259 g/mol. The molecule has 1 N–H and O–H groups in total. The molecule has 0 bridgehead atoms. The smallest absolute Gasteiger partial charge is 0.138 e. The zero-order chi connectivity index (χ0) is 13.5. The SMILES string of the molecule is CCCn1ncnc1CC(CO)Cc1ccccc1. The van der Waals surface area contributed by atoms with Gasteiger partial charge in [0.1, 0.15) is 12.2 Å². The maximum atomic E-state index is 9.55. The molecule has 0 saturated heterocycles. The van der Waals surface area contributed by atoms with Crippen molar-refractivity contribution in [3.8, 4) is 0 Å². The Morgan fingerprint density at radius 1 is 1.21 bits per heavy atom. The van der Waals surface area contributed by atoms with Crippen LogP contribution in [0.15, 0.2) is 36.7 Å². The molecule has 0 amide bonds. The standard InChI is InChI=1S/C15H21N3O/c1-2-8-18-15(16-12-17-18)10-14(11-19)9-13-6-4-3-5-7-13/h3-7,12,14,19H,2,8-11H2,1H3. The number of aliphatic hydroxyl groups excluding tert-OH is 1. The predicted molar refractivity (Wildman–Crippen MR) is 74.7 cm³/mol. The van der Waals surface area contributed by atoms with Crippen LogP contribution in [-0.4, -0.2) is 26.5 Å². The maximum Gasteiger partial charge on any atom is 0.138 e. The molecular weight excluding hydrogens is 238 g/mol. The Bertz CT molecular complexity index is 481. The van der Waals surface area contributed by atoms with Gasteiger partial charge >= 0.3 is 0 Å². The van der Waals surface area contributed by atoms with Gasteiger partial charge in [-0.1, -0.05) is 37.3 Å². The summed E-state index contributed by atoms with van der Waals surface area (Å²) in [4.78, 5) is 4.30. The molecule has 4 nitrogen and oxygen atoms in total. The maximum absolute atomic E-state index is 9.55. The molecule has 1 aromatic heterocycles. The minimum atomic E-state index is 0.174. The summed E-state index contributed by atoms with van der Waals surface area (Å²) in [6, 6.07) is 10.3. The molecule has 0 aliphatic heterocycles. The van der Waals surface area contributed by atoms with Gasteiger partial charge in [0.25, 0.3) is 0 Å². The van der Waals surface area contributed by atoms with E-state index in [9.17, 15) is 5.11 Å². The molecule has 0 spiro atoms. The van der Waals surface area contributed by atoms with Crippen LogP contribution in [0.2, 0.25) is 0 Å². The Morgan fingerprint density at radius 2 is 2.00 bits per heavy atom. The van der Waals surface area contributed by atoms with Gasteiger partial charge in [-0.15, -0.1) is 0 Å². The number of benzene rings is 1. The van der Waals surface area contributed by atoms with Crippen molar-refractivity contribution in [3.05, 3.63) is 48.0 Å². The van der Waals surface area contributed by atoms with Gasteiger partial charge in [0.15, 0.2) is 0 Å². The van der Waals surface area contributed by atoms with Crippen LogP contribution in [0.1, 0.15) is 24.7 Å². The van der Waals surface area contributed by atoms with Gasteiger partial charge in [-0.05, 0) is 24.3 Å². The summed E-state index contributed by atoms with van der Waals surface area (Å²) in [5.74, 6) is 1.17. The lowest BCUT2D eigenvalue weighted by molar-refractivity contribution is 0.221. The van der Waals surface area contributed by atoms with E-state index in [1.54, 1.807) is 6.33 Å². The average Bonchev–Trinajstić information content (AvgIpc) is 2.87. The van der Waals surface area contributed by atoms with Gasteiger partial charge in [0.2, 0.25) is 0 Å². The number of hydrogen-bond donors (Lipinski definition) is 1. The van der Waals surface area contributed by atoms with Gasteiger partial charge in [0, 0.05) is 19.6 Å². The van der Waals surface area contributed by atoms with E-state index in [1.165, 1.54) is 5.56 Å². The second-order valence-electron chi connectivity index (χ2n) is 4.84. The number of aryl methyl sites for hydroxylation is 1. The largest absolute Gasteiger partial charge is 0.396 e. The number of rotatable bonds is 7. The third-order valence-electron chi connectivity index (χ3n) is 3.23. The Kier molecular flexibility index (Phi) is 5.10. The van der Waals surface area contributed by atoms with Crippen molar-refractivity contribution >= 4 is 0 Å². The molecule has 0 aliphatic carbocycles. The molecular formula is C15H21N3O. The summed E-state index contributed by atoms with van der Waals surface area (Å²) >= 11 is 0. The molecule has 0 aliphatic rings. The topological polar surface area (TPSA) is 50.9 Å². The van der Waals surface area contributed by atoms with Crippen molar-refractivity contribution in [2.45, 2.75) is 32.7 Å². The summed E-state index contributed by atoms with van der Waals surface area (Å²) in [5.41, 5.74) is 1.25. The summed E-state index contributed by atoms with van der Waals surface area (Å²) in [5, 5.41) is 13.8. The first-order valence-corrected chi connectivity index (χ1v) is 6.85. The van der Waals surface area contributed by atoms with Crippen LogP contribution in [-0.2, 0) is 19.4 Å². The first-order chi connectivity index (χ1) is 9.33. The molecule has 1 heterocycles. The van der Waals surface area contributed by atoms with Crippen LogP contribution < -0.4 is 0 Å². The third kappa shape index (κ3) is 3.89. The first-order valence-electron chi connectivity index (χ1n) is 6.85. The zero-order valence-corrected chi connectivity index (χ0v) is 11.4. The average molecular weight is 259 g/mol. The lowest BCUT2D eigenvalue weighted by atomic mass is 9.96. The molecule has 2 rings (SSSR count). The Hall–Kier alpha value is -1.68. The molecule has 2 aromatic rings. The molecule has 1 atom stereocenters. The minimum absolute atomic E-state index is 0.174. The number of aromatic nitrogens is 3. The molecule has 0 radical (unpaired) electrons. The number of aliphatic hydroxyl groups is 1. The highest BCUT2D eigenvalue weighted by Gasteiger charge is 2.13. The summed E-state index contributed by atoms with van der Waals surface area (Å²) in [7, 11) is 0. The lowest BCUT2D eigenvalue weighted by Crippen LogP contribution is -2.17. The van der Waals surface area contributed by atoms with Crippen molar-refractivity contribution in [3.63, 3.8) is 0 Å². The van der Waals surface area contributed by atoms with Crippen molar-refractivity contribution in [2.75, 3.05) is 6.61 Å². The highest BCUT2D eigenvalue weighted by Crippen LogP contribution is 2.13. The molecule has 1 aromatic carbocycles. The lowest BCUT2D eigenvalue weighted by Gasteiger charge is -2.14. The molecule has 102 valence electrons. The van der Waals surface area contributed by atoms with Gasteiger partial charge in [-0.2, -0.15) is 5.10 Å². The predicted octanol–water partition coefficient (Wildman–Crippen LogP) is 2.08. The van der Waals surface area contributed by atoms with Crippen LogP contribution in [0, 0.1) is 5.92 Å². The van der Waals surface area contributed by atoms with E-state index in [2.05, 4.69) is 29.1 Å². The number of nitrogens with zero attached hydrogens (tertiary/aromatic N) is 3. The molecule has 0 fully saturated rings. The van der Waals surface area contributed by atoms with Crippen LogP contribution in [0.25, 0.3) is 0 Å². The Morgan fingerprint density at radius 3 is 2.68 bits per heavy atom. The van der Waals surface area contributed by atoms with E-state index in [0.29, 0.717) is 0 Å². The van der Waals surface area contributed by atoms with E-state index in [0.717, 1.165) is 31.6 Å². The van der Waals surface area contributed by atoms with Crippen LogP contribution in [0.3, 0.4) is 0 Å². The van der Waals surface area contributed by atoms with Crippen molar-refractivity contribution in [1.82, 2.24) is 14.8 Å². The summed E-state index contributed by atoms with van der Waals surface area (Å²) in [6.07, 6.45) is 4.28. The molecule has 4 heteroatoms.